The molecule has 0 radical (unpaired) electrons. The molecule has 0 N–H and O–H groups in total. The molecule has 3 rings (SSSR count). The van der Waals surface area contributed by atoms with Crippen molar-refractivity contribution in [2.75, 3.05) is 0 Å². The molecule has 0 fully saturated rings. The van der Waals surface area contributed by atoms with Gasteiger partial charge in [0.2, 0.25) is 0 Å². The van der Waals surface area contributed by atoms with E-state index < -0.39 is 0 Å². The van der Waals surface area contributed by atoms with Gasteiger partial charge in [0.15, 0.2) is 0 Å². The molecule has 1 heteroatoms. The third kappa shape index (κ3) is 0.607. The van der Waals surface area contributed by atoms with E-state index in [0.29, 0.717) is 0 Å². The highest BCUT2D eigenvalue weighted by atomic mass is 14.8. The van der Waals surface area contributed by atoms with Crippen LogP contribution in [0.2, 0.25) is 0 Å². The maximum atomic E-state index is 4.48. The lowest BCUT2D eigenvalue weighted by atomic mass is 10.1. The summed E-state index contributed by atoms with van der Waals surface area (Å²) in [6, 6.07) is 8.24. The summed E-state index contributed by atoms with van der Waals surface area (Å²) in [5, 5.41) is 0. The summed E-state index contributed by atoms with van der Waals surface area (Å²) >= 11 is 0. The molecule has 12 heavy (non-hydrogen) atoms. The van der Waals surface area contributed by atoms with Crippen LogP contribution in [-0.4, -0.2) is 5.71 Å². The number of rotatable bonds is 0. The Morgan fingerprint density at radius 1 is 1.08 bits per heavy atom. The number of aliphatic imine (C=N–C) groups is 1. The predicted molar refractivity (Wildman–Crippen MR) is 50.7 cm³/mol. The Balaban J connectivity index is 2.33. The van der Waals surface area contributed by atoms with E-state index in [4.69, 9.17) is 0 Å². The van der Waals surface area contributed by atoms with Crippen molar-refractivity contribution in [3.05, 3.63) is 48.1 Å². The summed E-state index contributed by atoms with van der Waals surface area (Å²) in [5.41, 5.74) is 4.74. The smallest absolute Gasteiger partial charge is 0.0716 e. The molecule has 0 saturated heterocycles. The van der Waals surface area contributed by atoms with E-state index in [0.717, 1.165) is 11.4 Å². The van der Waals surface area contributed by atoms with Gasteiger partial charge in [0.1, 0.15) is 0 Å². The number of fused-ring (bicyclic) bond motifs is 3. The highest BCUT2D eigenvalue weighted by Crippen LogP contribution is 2.36. The molecule has 1 heterocycles. The largest absolute Gasteiger partial charge is 0.248 e. The molecule has 1 aliphatic heterocycles. The number of benzene rings is 1. The summed E-state index contributed by atoms with van der Waals surface area (Å²) in [5.74, 6) is 0. The fourth-order valence-corrected chi connectivity index (χ4v) is 1.66. The summed E-state index contributed by atoms with van der Waals surface area (Å²) in [7, 11) is 0. The Labute approximate surface area is 70.8 Å². The molecule has 0 spiro atoms. The van der Waals surface area contributed by atoms with Crippen LogP contribution in [0.4, 0.5) is 5.69 Å². The average molecular weight is 153 g/mol. The Bertz CT molecular complexity index is 436. The Morgan fingerprint density at radius 3 is 3.00 bits per heavy atom. The summed E-state index contributed by atoms with van der Waals surface area (Å²) < 4.78 is 0. The van der Waals surface area contributed by atoms with Crippen LogP contribution in [0.25, 0.3) is 5.57 Å². The first-order valence-corrected chi connectivity index (χ1v) is 4.02. The van der Waals surface area contributed by atoms with Gasteiger partial charge in [-0.15, -0.1) is 0 Å². The predicted octanol–water partition coefficient (Wildman–Crippen LogP) is 2.73. The van der Waals surface area contributed by atoms with E-state index in [9.17, 15) is 0 Å². The molecule has 1 nitrogen and oxygen atoms in total. The number of hydrogen-bond acceptors (Lipinski definition) is 1. The lowest BCUT2D eigenvalue weighted by Crippen LogP contribution is -1.85. The average Bonchev–Trinajstić information content (AvgIpc) is 2.62. The summed E-state index contributed by atoms with van der Waals surface area (Å²) in [6.07, 6.45) is 6.21. The normalized spacial score (nSPS) is 17.0. The van der Waals surface area contributed by atoms with Crippen molar-refractivity contribution in [3.8, 4) is 0 Å². The van der Waals surface area contributed by atoms with Gasteiger partial charge in [0.25, 0.3) is 0 Å². The molecule has 1 aliphatic carbocycles. The van der Waals surface area contributed by atoms with Crippen LogP contribution in [0.15, 0.2) is 47.5 Å². The maximum absolute atomic E-state index is 4.48. The third-order valence-corrected chi connectivity index (χ3v) is 2.23. The SMILES string of the molecule is C1=CC2=Nc3ccccc3C2=C1. The van der Waals surface area contributed by atoms with Crippen LogP contribution in [-0.2, 0) is 0 Å². The van der Waals surface area contributed by atoms with E-state index in [1.807, 2.05) is 12.1 Å². The fourth-order valence-electron chi connectivity index (χ4n) is 1.66. The fraction of sp³-hybridized carbons (Fsp3) is 0. The van der Waals surface area contributed by atoms with Gasteiger partial charge in [0.05, 0.1) is 11.4 Å². The molecule has 56 valence electrons. The molecule has 2 aliphatic rings. The minimum atomic E-state index is 1.10. The molecular weight excluding hydrogens is 146 g/mol. The first kappa shape index (κ1) is 5.95. The lowest BCUT2D eigenvalue weighted by Gasteiger charge is -1.95. The van der Waals surface area contributed by atoms with Crippen molar-refractivity contribution in [1.29, 1.82) is 0 Å². The van der Waals surface area contributed by atoms with Crippen LogP contribution in [0.1, 0.15) is 5.56 Å². The van der Waals surface area contributed by atoms with Gasteiger partial charge in [-0.1, -0.05) is 30.4 Å². The number of para-hydroxylation sites is 1. The topological polar surface area (TPSA) is 12.4 Å². The molecule has 0 unspecified atom stereocenters. The Morgan fingerprint density at radius 2 is 2.00 bits per heavy atom. The van der Waals surface area contributed by atoms with Gasteiger partial charge in [-0.3, -0.25) is 0 Å². The molecular formula is C11H7N. The molecule has 1 aromatic carbocycles. The van der Waals surface area contributed by atoms with Crippen molar-refractivity contribution in [3.63, 3.8) is 0 Å². The summed E-state index contributed by atoms with van der Waals surface area (Å²) in [6.45, 7) is 0. The highest BCUT2D eigenvalue weighted by Gasteiger charge is 2.19. The zero-order valence-corrected chi connectivity index (χ0v) is 6.49. The van der Waals surface area contributed by atoms with Gasteiger partial charge in [-0.2, -0.15) is 0 Å². The van der Waals surface area contributed by atoms with Gasteiger partial charge in [-0.25, -0.2) is 4.99 Å². The first-order valence-electron chi connectivity index (χ1n) is 4.02. The standard InChI is InChI=1S/C11H7N/c1-2-6-10-8(4-1)9-5-3-7-11(9)12-10/h1-7H. The number of nitrogens with zero attached hydrogens (tertiary/aromatic N) is 1. The second kappa shape index (κ2) is 1.95. The zero-order chi connectivity index (χ0) is 7.97. The number of allylic oxidation sites excluding steroid dienone is 4. The minimum Gasteiger partial charge on any atom is -0.248 e. The van der Waals surface area contributed by atoms with Crippen molar-refractivity contribution >= 4 is 17.0 Å². The second-order valence-corrected chi connectivity index (χ2v) is 2.95. The van der Waals surface area contributed by atoms with Crippen LogP contribution in [0, 0.1) is 0 Å². The van der Waals surface area contributed by atoms with E-state index in [2.05, 4.69) is 35.3 Å². The first-order chi connectivity index (χ1) is 5.95. The van der Waals surface area contributed by atoms with Crippen LogP contribution < -0.4 is 0 Å². The second-order valence-electron chi connectivity index (χ2n) is 2.95. The van der Waals surface area contributed by atoms with Crippen LogP contribution >= 0.6 is 0 Å². The van der Waals surface area contributed by atoms with Crippen molar-refractivity contribution in [2.24, 2.45) is 4.99 Å². The Hall–Kier alpha value is -1.63. The van der Waals surface area contributed by atoms with E-state index in [1.54, 1.807) is 0 Å². The molecule has 0 aromatic heterocycles. The van der Waals surface area contributed by atoms with E-state index in [-0.39, 0.29) is 0 Å². The quantitative estimate of drug-likeness (QED) is 0.543. The van der Waals surface area contributed by atoms with Gasteiger partial charge >= 0.3 is 0 Å². The monoisotopic (exact) mass is 153 g/mol. The highest BCUT2D eigenvalue weighted by molar-refractivity contribution is 6.35. The van der Waals surface area contributed by atoms with E-state index >= 15 is 0 Å². The van der Waals surface area contributed by atoms with Crippen molar-refractivity contribution in [2.45, 2.75) is 0 Å². The van der Waals surface area contributed by atoms with Crippen molar-refractivity contribution in [1.82, 2.24) is 0 Å². The van der Waals surface area contributed by atoms with Gasteiger partial charge < -0.3 is 0 Å². The van der Waals surface area contributed by atoms with Gasteiger partial charge in [-0.05, 0) is 12.1 Å². The van der Waals surface area contributed by atoms with Crippen molar-refractivity contribution < 1.29 is 0 Å². The number of hydrogen-bond donors (Lipinski definition) is 0. The van der Waals surface area contributed by atoms with Gasteiger partial charge in [0, 0.05) is 11.1 Å². The molecule has 0 bridgehead atoms. The Kier molecular flexibility index (Phi) is 0.965. The lowest BCUT2D eigenvalue weighted by molar-refractivity contribution is 1.54. The van der Waals surface area contributed by atoms with E-state index in [1.165, 1.54) is 11.1 Å². The zero-order valence-electron chi connectivity index (χ0n) is 6.49. The minimum absolute atomic E-state index is 1.10. The summed E-state index contributed by atoms with van der Waals surface area (Å²) in [4.78, 5) is 4.48. The van der Waals surface area contributed by atoms with Crippen LogP contribution in [0.3, 0.4) is 0 Å². The molecule has 0 atom stereocenters. The maximum Gasteiger partial charge on any atom is 0.0716 e. The molecule has 1 aromatic rings. The van der Waals surface area contributed by atoms with Crippen LogP contribution in [0.5, 0.6) is 0 Å². The molecule has 0 saturated carbocycles. The molecule has 0 amide bonds. The third-order valence-electron chi connectivity index (χ3n) is 2.23.